The van der Waals surface area contributed by atoms with Crippen molar-refractivity contribution >= 4 is 23.6 Å². The van der Waals surface area contributed by atoms with Crippen LogP contribution in [0.3, 0.4) is 0 Å². The van der Waals surface area contributed by atoms with Gasteiger partial charge in [-0.2, -0.15) is 0 Å². The number of fused-ring (bicyclic) bond motifs is 1. The summed E-state index contributed by atoms with van der Waals surface area (Å²) in [6.07, 6.45) is 0.912. The first-order valence-corrected chi connectivity index (χ1v) is 12.9. The minimum absolute atomic E-state index is 0.0232. The van der Waals surface area contributed by atoms with Crippen LogP contribution < -0.4 is 26.0 Å². The summed E-state index contributed by atoms with van der Waals surface area (Å²) in [6.45, 7) is 4.54. The van der Waals surface area contributed by atoms with Gasteiger partial charge >= 0.3 is 0 Å². The van der Waals surface area contributed by atoms with Crippen molar-refractivity contribution in [1.82, 2.24) is 21.3 Å². The van der Waals surface area contributed by atoms with Crippen molar-refractivity contribution in [3.05, 3.63) is 65.5 Å². The number of carbonyl (C=O) groups excluding carboxylic acids is 4. The number of rotatable bonds is 5. The molecule has 3 rings (SSSR count). The van der Waals surface area contributed by atoms with E-state index in [0.29, 0.717) is 25.1 Å². The third kappa shape index (κ3) is 8.57. The van der Waals surface area contributed by atoms with Crippen LogP contribution in [0.25, 0.3) is 0 Å². The lowest BCUT2D eigenvalue weighted by atomic mass is 10.0. The molecule has 4 N–H and O–H groups in total. The first kappa shape index (κ1) is 28.6. The van der Waals surface area contributed by atoms with Gasteiger partial charge in [-0.25, -0.2) is 4.39 Å². The van der Waals surface area contributed by atoms with E-state index in [9.17, 15) is 23.6 Å². The smallest absolute Gasteiger partial charge is 0.255 e. The molecular formula is C28H35FN4O5. The van der Waals surface area contributed by atoms with Gasteiger partial charge in [-0.1, -0.05) is 38.1 Å². The van der Waals surface area contributed by atoms with Crippen LogP contribution in [0.2, 0.25) is 0 Å². The van der Waals surface area contributed by atoms with Crippen molar-refractivity contribution in [3.8, 4) is 5.75 Å². The molecule has 0 unspecified atom stereocenters. The van der Waals surface area contributed by atoms with E-state index in [1.807, 2.05) is 13.8 Å². The maximum Gasteiger partial charge on any atom is 0.255 e. The standard InChI is InChI=1S/C28H35FN4O5/c1-18(2)25-28(37)30-15-5-17-38-23-7-4-3-6-21(23)26(35)32-22(12-13-24(34)33-25)27(36)31-16-14-19-8-10-20(29)11-9-19/h3-4,6-11,18,22,25H,5,12-17H2,1-2H3,(H,30,37)(H,31,36)(H,32,35)(H,33,34)/t22-,25+/m0/s1. The number of benzene rings is 2. The van der Waals surface area contributed by atoms with Crippen LogP contribution >= 0.6 is 0 Å². The number of carbonyl (C=O) groups is 4. The monoisotopic (exact) mass is 526 g/mol. The summed E-state index contributed by atoms with van der Waals surface area (Å²) >= 11 is 0. The minimum Gasteiger partial charge on any atom is -0.493 e. The van der Waals surface area contributed by atoms with Crippen LogP contribution in [0.1, 0.15) is 49.0 Å². The highest BCUT2D eigenvalue weighted by molar-refractivity contribution is 5.99. The van der Waals surface area contributed by atoms with Crippen LogP contribution in [-0.4, -0.2) is 55.4 Å². The molecule has 0 saturated heterocycles. The van der Waals surface area contributed by atoms with Crippen molar-refractivity contribution in [3.63, 3.8) is 0 Å². The van der Waals surface area contributed by atoms with E-state index in [2.05, 4.69) is 21.3 Å². The second-order valence-electron chi connectivity index (χ2n) is 9.51. The van der Waals surface area contributed by atoms with Crippen LogP contribution in [-0.2, 0) is 20.8 Å². The third-order valence-electron chi connectivity index (χ3n) is 6.18. The molecule has 2 aromatic rings. The normalized spacial score (nSPS) is 19.4. The molecule has 204 valence electrons. The zero-order valence-electron chi connectivity index (χ0n) is 21.7. The highest BCUT2D eigenvalue weighted by Crippen LogP contribution is 2.19. The summed E-state index contributed by atoms with van der Waals surface area (Å²) in [5.41, 5.74) is 1.11. The van der Waals surface area contributed by atoms with E-state index in [4.69, 9.17) is 4.74 Å². The van der Waals surface area contributed by atoms with Gasteiger partial charge in [0.05, 0.1) is 12.2 Å². The first-order valence-electron chi connectivity index (χ1n) is 12.9. The molecule has 2 atom stereocenters. The van der Waals surface area contributed by atoms with E-state index in [1.165, 1.54) is 12.1 Å². The van der Waals surface area contributed by atoms with Crippen molar-refractivity contribution in [1.29, 1.82) is 0 Å². The number of ether oxygens (including phenoxy) is 1. The molecule has 0 bridgehead atoms. The molecule has 0 aromatic heterocycles. The predicted molar refractivity (Wildman–Crippen MR) is 140 cm³/mol. The van der Waals surface area contributed by atoms with Crippen molar-refractivity contribution in [2.24, 2.45) is 5.92 Å². The van der Waals surface area contributed by atoms with Gasteiger partial charge in [0.15, 0.2) is 0 Å². The number of para-hydroxylation sites is 1. The van der Waals surface area contributed by atoms with Gasteiger partial charge in [0, 0.05) is 19.5 Å². The number of nitrogens with one attached hydrogen (secondary N) is 4. The summed E-state index contributed by atoms with van der Waals surface area (Å²) in [4.78, 5) is 51.6. The number of amides is 4. The lowest BCUT2D eigenvalue weighted by Gasteiger charge is -2.23. The molecule has 0 aliphatic carbocycles. The van der Waals surface area contributed by atoms with Gasteiger partial charge in [-0.3, -0.25) is 19.2 Å². The predicted octanol–water partition coefficient (Wildman–Crippen LogP) is 2.10. The van der Waals surface area contributed by atoms with Crippen molar-refractivity contribution < 1.29 is 28.3 Å². The fourth-order valence-corrected chi connectivity index (χ4v) is 4.02. The molecule has 0 saturated carbocycles. The van der Waals surface area contributed by atoms with Gasteiger partial charge < -0.3 is 26.0 Å². The fraction of sp³-hybridized carbons (Fsp3) is 0.429. The first-order chi connectivity index (χ1) is 18.2. The minimum atomic E-state index is -1.01. The average molecular weight is 527 g/mol. The molecule has 38 heavy (non-hydrogen) atoms. The second kappa shape index (κ2) is 14.1. The zero-order chi connectivity index (χ0) is 27.5. The van der Waals surface area contributed by atoms with Crippen LogP contribution in [0, 0.1) is 11.7 Å². The topological polar surface area (TPSA) is 126 Å². The Morgan fingerprint density at radius 2 is 1.82 bits per heavy atom. The molecule has 10 heteroatoms. The number of hydrogen-bond acceptors (Lipinski definition) is 5. The SMILES string of the molecule is CC(C)[C@H]1NC(=O)CC[C@@H](C(=O)NCCc2ccc(F)cc2)NC(=O)c2ccccc2OCCCNC1=O. The number of hydrogen-bond donors (Lipinski definition) is 4. The molecular weight excluding hydrogens is 491 g/mol. The molecule has 0 spiro atoms. The molecule has 1 aliphatic rings. The fourth-order valence-electron chi connectivity index (χ4n) is 4.02. The molecule has 1 aliphatic heterocycles. The molecule has 1 heterocycles. The molecule has 4 amide bonds. The Morgan fingerprint density at radius 1 is 1.08 bits per heavy atom. The average Bonchev–Trinajstić information content (AvgIpc) is 2.89. The zero-order valence-corrected chi connectivity index (χ0v) is 21.7. The maximum atomic E-state index is 13.1. The Balaban J connectivity index is 1.75. The summed E-state index contributed by atoms with van der Waals surface area (Å²) in [5, 5.41) is 11.1. The summed E-state index contributed by atoms with van der Waals surface area (Å²) in [5.74, 6) is -1.77. The summed E-state index contributed by atoms with van der Waals surface area (Å²) in [6, 6.07) is 10.9. The Kier molecular flexibility index (Phi) is 10.6. The Morgan fingerprint density at radius 3 is 2.55 bits per heavy atom. The van der Waals surface area contributed by atoms with Crippen LogP contribution in [0.4, 0.5) is 4.39 Å². The van der Waals surface area contributed by atoms with E-state index >= 15 is 0 Å². The molecule has 0 radical (unpaired) electrons. The van der Waals surface area contributed by atoms with Gasteiger partial charge in [0.2, 0.25) is 17.7 Å². The Labute approximate surface area is 221 Å². The summed E-state index contributed by atoms with van der Waals surface area (Å²) < 4.78 is 18.9. The highest BCUT2D eigenvalue weighted by Gasteiger charge is 2.27. The lowest BCUT2D eigenvalue weighted by Crippen LogP contribution is -2.51. The molecule has 2 aromatic carbocycles. The third-order valence-corrected chi connectivity index (χ3v) is 6.18. The Hall–Kier alpha value is -3.95. The van der Waals surface area contributed by atoms with E-state index in [-0.39, 0.29) is 49.2 Å². The van der Waals surface area contributed by atoms with Gasteiger partial charge in [-0.15, -0.1) is 0 Å². The molecule has 0 fully saturated rings. The molecule has 9 nitrogen and oxygen atoms in total. The van der Waals surface area contributed by atoms with Crippen LogP contribution in [0.15, 0.2) is 48.5 Å². The van der Waals surface area contributed by atoms with Gasteiger partial charge in [-0.05, 0) is 55.0 Å². The number of halogens is 1. The quantitative estimate of drug-likeness (QED) is 0.475. The largest absolute Gasteiger partial charge is 0.493 e. The highest BCUT2D eigenvalue weighted by atomic mass is 19.1. The van der Waals surface area contributed by atoms with E-state index in [0.717, 1.165) is 5.56 Å². The van der Waals surface area contributed by atoms with E-state index < -0.39 is 29.8 Å². The van der Waals surface area contributed by atoms with Gasteiger partial charge in [0.25, 0.3) is 5.91 Å². The van der Waals surface area contributed by atoms with Gasteiger partial charge in [0.1, 0.15) is 23.7 Å². The summed E-state index contributed by atoms with van der Waals surface area (Å²) in [7, 11) is 0. The van der Waals surface area contributed by atoms with Crippen molar-refractivity contribution in [2.75, 3.05) is 19.7 Å². The second-order valence-corrected chi connectivity index (χ2v) is 9.51. The van der Waals surface area contributed by atoms with Crippen molar-refractivity contribution in [2.45, 2.75) is 51.6 Å². The Bertz CT molecular complexity index is 1120. The van der Waals surface area contributed by atoms with E-state index in [1.54, 1.807) is 36.4 Å². The maximum absolute atomic E-state index is 13.1. The lowest BCUT2D eigenvalue weighted by molar-refractivity contribution is -0.130. The van der Waals surface area contributed by atoms with Crippen LogP contribution in [0.5, 0.6) is 5.75 Å².